The zero-order chi connectivity index (χ0) is 24.1. The van der Waals surface area contributed by atoms with Gasteiger partial charge in [-0.05, 0) is 57.5 Å². The molecule has 0 saturated carbocycles. The topological polar surface area (TPSA) is 86.8 Å². The number of nitrogens with one attached hydrogen (secondary N) is 1. The van der Waals surface area contributed by atoms with Crippen LogP contribution in [0.2, 0.25) is 5.02 Å². The number of amides is 2. The second-order valence-electron chi connectivity index (χ2n) is 8.09. The Kier molecular flexibility index (Phi) is 8.69. The second-order valence-corrected chi connectivity index (χ2v) is 10.4. The average Bonchev–Trinajstić information content (AvgIpc) is 2.70. The number of hydrogen-bond acceptors (Lipinski definition) is 4. The van der Waals surface area contributed by atoms with Crippen molar-refractivity contribution in [1.29, 1.82) is 0 Å². The number of hydrogen-bond donors (Lipinski definition) is 1. The van der Waals surface area contributed by atoms with E-state index in [0.29, 0.717) is 10.7 Å². The van der Waals surface area contributed by atoms with E-state index in [1.165, 1.54) is 4.90 Å². The van der Waals surface area contributed by atoms with Crippen LogP contribution in [0.4, 0.5) is 5.69 Å². The molecule has 0 radical (unpaired) electrons. The fraction of sp³-hybridized carbons (Fsp3) is 0.391. The normalized spacial score (nSPS) is 12.3. The van der Waals surface area contributed by atoms with Gasteiger partial charge < -0.3 is 10.2 Å². The molecule has 2 aromatic rings. The first kappa shape index (κ1) is 25.7. The number of nitrogens with zero attached hydrogens (tertiary/aromatic N) is 2. The first-order valence-corrected chi connectivity index (χ1v) is 12.5. The van der Waals surface area contributed by atoms with Gasteiger partial charge >= 0.3 is 0 Å². The van der Waals surface area contributed by atoms with Gasteiger partial charge in [0.1, 0.15) is 12.6 Å². The van der Waals surface area contributed by atoms with Gasteiger partial charge in [0.2, 0.25) is 21.8 Å². The van der Waals surface area contributed by atoms with Crippen LogP contribution in [0.5, 0.6) is 0 Å². The highest BCUT2D eigenvalue weighted by molar-refractivity contribution is 7.92. The van der Waals surface area contributed by atoms with E-state index in [4.69, 9.17) is 11.6 Å². The third-order valence-electron chi connectivity index (χ3n) is 4.87. The number of anilines is 1. The fourth-order valence-electron chi connectivity index (χ4n) is 3.10. The lowest BCUT2D eigenvalue weighted by Crippen LogP contribution is -2.52. The molecule has 0 heterocycles. The van der Waals surface area contributed by atoms with Crippen molar-refractivity contribution in [3.8, 4) is 0 Å². The van der Waals surface area contributed by atoms with Crippen LogP contribution in [0.15, 0.2) is 48.5 Å². The van der Waals surface area contributed by atoms with Gasteiger partial charge in [-0.25, -0.2) is 8.42 Å². The van der Waals surface area contributed by atoms with Crippen molar-refractivity contribution in [2.45, 2.75) is 46.3 Å². The molecular formula is C23H30ClN3O4S. The Morgan fingerprint density at radius 1 is 1.00 bits per heavy atom. The Balaban J connectivity index is 2.36. The van der Waals surface area contributed by atoms with Crippen LogP contribution in [0, 0.1) is 6.92 Å². The van der Waals surface area contributed by atoms with Crippen molar-refractivity contribution < 1.29 is 18.0 Å². The number of carbonyl (C=O) groups is 2. The Labute approximate surface area is 195 Å². The minimum atomic E-state index is -3.73. The summed E-state index contributed by atoms with van der Waals surface area (Å²) in [6.07, 6.45) is 1.05. The SMILES string of the molecule is Cc1ccc(N(CC(=O)N(Cc2ccc(Cl)cc2)[C@@H](C)C(=O)NC(C)C)S(C)(=O)=O)cc1. The summed E-state index contributed by atoms with van der Waals surface area (Å²) in [5.41, 5.74) is 2.13. The van der Waals surface area contributed by atoms with Crippen LogP contribution >= 0.6 is 11.6 Å². The molecule has 0 fully saturated rings. The van der Waals surface area contributed by atoms with Crippen molar-refractivity contribution in [3.05, 3.63) is 64.7 Å². The molecular weight excluding hydrogens is 450 g/mol. The maximum atomic E-state index is 13.4. The molecule has 0 aliphatic carbocycles. The van der Waals surface area contributed by atoms with Gasteiger partial charge in [-0.15, -0.1) is 0 Å². The van der Waals surface area contributed by atoms with Crippen LogP contribution < -0.4 is 9.62 Å². The average molecular weight is 480 g/mol. The molecule has 7 nitrogen and oxygen atoms in total. The molecule has 0 saturated heterocycles. The molecule has 32 heavy (non-hydrogen) atoms. The number of rotatable bonds is 9. The third kappa shape index (κ3) is 7.24. The fourth-order valence-corrected chi connectivity index (χ4v) is 4.07. The summed E-state index contributed by atoms with van der Waals surface area (Å²) >= 11 is 5.96. The number of benzene rings is 2. The quantitative estimate of drug-likeness (QED) is 0.597. The van der Waals surface area contributed by atoms with Crippen LogP contribution in [0.1, 0.15) is 31.9 Å². The molecule has 0 spiro atoms. The Hall–Kier alpha value is -2.58. The molecule has 2 rings (SSSR count). The Morgan fingerprint density at radius 2 is 1.56 bits per heavy atom. The first-order valence-electron chi connectivity index (χ1n) is 10.3. The third-order valence-corrected chi connectivity index (χ3v) is 6.26. The van der Waals surface area contributed by atoms with E-state index in [2.05, 4.69) is 5.32 Å². The van der Waals surface area contributed by atoms with Gasteiger partial charge in [0, 0.05) is 17.6 Å². The lowest BCUT2D eigenvalue weighted by Gasteiger charge is -2.32. The molecule has 2 amide bonds. The van der Waals surface area contributed by atoms with Crippen molar-refractivity contribution in [2.75, 3.05) is 17.1 Å². The lowest BCUT2D eigenvalue weighted by molar-refractivity contribution is -0.139. The van der Waals surface area contributed by atoms with Gasteiger partial charge in [-0.2, -0.15) is 0 Å². The zero-order valence-corrected chi connectivity index (χ0v) is 20.6. The number of sulfonamides is 1. The maximum Gasteiger partial charge on any atom is 0.244 e. The van der Waals surface area contributed by atoms with Crippen molar-refractivity contribution in [2.24, 2.45) is 0 Å². The van der Waals surface area contributed by atoms with E-state index >= 15 is 0 Å². The highest BCUT2D eigenvalue weighted by Gasteiger charge is 2.30. The van der Waals surface area contributed by atoms with E-state index < -0.39 is 28.5 Å². The predicted molar refractivity (Wildman–Crippen MR) is 128 cm³/mol. The van der Waals surface area contributed by atoms with E-state index in [-0.39, 0.29) is 18.5 Å². The molecule has 1 atom stereocenters. The van der Waals surface area contributed by atoms with Gasteiger partial charge in [0.15, 0.2) is 0 Å². The standard InChI is InChI=1S/C23H30ClN3O4S/c1-16(2)25-23(29)18(4)26(14-19-8-10-20(24)11-9-19)22(28)15-27(32(5,30)31)21-12-6-17(3)7-13-21/h6-13,16,18H,14-15H2,1-5H3,(H,25,29)/t18-/m0/s1. The van der Waals surface area contributed by atoms with E-state index in [1.807, 2.05) is 20.8 Å². The molecule has 0 aliphatic rings. The summed E-state index contributed by atoms with van der Waals surface area (Å²) in [7, 11) is -3.73. The zero-order valence-electron chi connectivity index (χ0n) is 19.0. The van der Waals surface area contributed by atoms with Crippen molar-refractivity contribution in [1.82, 2.24) is 10.2 Å². The van der Waals surface area contributed by atoms with Crippen LogP contribution in [-0.4, -0.2) is 50.0 Å². The van der Waals surface area contributed by atoms with E-state index in [0.717, 1.165) is 21.7 Å². The monoisotopic (exact) mass is 479 g/mol. The van der Waals surface area contributed by atoms with E-state index in [9.17, 15) is 18.0 Å². The summed E-state index contributed by atoms with van der Waals surface area (Å²) in [5.74, 6) is -0.805. The van der Waals surface area contributed by atoms with Crippen molar-refractivity contribution in [3.63, 3.8) is 0 Å². The van der Waals surface area contributed by atoms with Gasteiger partial charge in [-0.3, -0.25) is 13.9 Å². The molecule has 1 N–H and O–H groups in total. The number of carbonyl (C=O) groups excluding carboxylic acids is 2. The summed E-state index contributed by atoms with van der Waals surface area (Å²) in [6.45, 7) is 6.89. The second kappa shape index (κ2) is 10.8. The molecule has 0 unspecified atom stereocenters. The summed E-state index contributed by atoms with van der Waals surface area (Å²) in [5, 5.41) is 3.36. The predicted octanol–water partition coefficient (Wildman–Crippen LogP) is 3.36. The molecule has 2 aromatic carbocycles. The summed E-state index contributed by atoms with van der Waals surface area (Å²) in [6, 6.07) is 12.9. The van der Waals surface area contributed by atoms with E-state index in [1.54, 1.807) is 55.5 Å². The number of halogens is 1. The lowest BCUT2D eigenvalue weighted by atomic mass is 10.1. The van der Waals surface area contributed by atoms with Gasteiger partial charge in [0.25, 0.3) is 0 Å². The minimum Gasteiger partial charge on any atom is -0.352 e. The highest BCUT2D eigenvalue weighted by atomic mass is 35.5. The van der Waals surface area contributed by atoms with Crippen LogP contribution in [0.25, 0.3) is 0 Å². The molecule has 9 heteroatoms. The summed E-state index contributed by atoms with van der Waals surface area (Å²) < 4.78 is 26.0. The minimum absolute atomic E-state index is 0.0995. The molecule has 0 aliphatic heterocycles. The number of aryl methyl sites for hydroxylation is 1. The first-order chi connectivity index (χ1) is 14.9. The van der Waals surface area contributed by atoms with Gasteiger partial charge in [-0.1, -0.05) is 41.4 Å². The smallest absolute Gasteiger partial charge is 0.244 e. The van der Waals surface area contributed by atoms with Crippen LogP contribution in [0.3, 0.4) is 0 Å². The van der Waals surface area contributed by atoms with Crippen molar-refractivity contribution >= 4 is 39.1 Å². The Morgan fingerprint density at radius 3 is 2.06 bits per heavy atom. The largest absolute Gasteiger partial charge is 0.352 e. The molecule has 174 valence electrons. The molecule has 0 bridgehead atoms. The Bertz CT molecular complexity index is 1040. The highest BCUT2D eigenvalue weighted by Crippen LogP contribution is 2.20. The van der Waals surface area contributed by atoms with Crippen LogP contribution in [-0.2, 0) is 26.2 Å². The maximum absolute atomic E-state index is 13.4. The molecule has 0 aromatic heterocycles. The van der Waals surface area contributed by atoms with Gasteiger partial charge in [0.05, 0.1) is 11.9 Å². The summed E-state index contributed by atoms with van der Waals surface area (Å²) in [4.78, 5) is 27.4.